The Morgan fingerprint density at radius 1 is 1.36 bits per heavy atom. The summed E-state index contributed by atoms with van der Waals surface area (Å²) >= 11 is 0. The number of rotatable bonds is 6. The van der Waals surface area contributed by atoms with Crippen molar-refractivity contribution in [2.75, 3.05) is 0 Å². The standard InChI is InChI=1S/C16H20FNO4/c1-11(22-13-7-3-2-6-12(13)17)15(21)18-16(10-14(19)20)8-4-5-9-16/h2-3,6-7,11H,4-5,8-10H2,1H3,(H,18,21)(H,19,20). The molecule has 1 aromatic carbocycles. The highest BCUT2D eigenvalue weighted by atomic mass is 19.1. The zero-order valence-electron chi connectivity index (χ0n) is 12.5. The number of hydrogen-bond donors (Lipinski definition) is 2. The van der Waals surface area contributed by atoms with Crippen molar-refractivity contribution in [2.24, 2.45) is 0 Å². The summed E-state index contributed by atoms with van der Waals surface area (Å²) in [6.45, 7) is 1.52. The first-order valence-electron chi connectivity index (χ1n) is 7.37. The van der Waals surface area contributed by atoms with Crippen molar-refractivity contribution in [2.45, 2.75) is 50.7 Å². The maximum atomic E-state index is 13.5. The van der Waals surface area contributed by atoms with E-state index < -0.39 is 29.3 Å². The molecule has 1 aromatic rings. The van der Waals surface area contributed by atoms with Gasteiger partial charge in [-0.05, 0) is 31.9 Å². The summed E-state index contributed by atoms with van der Waals surface area (Å²) in [4.78, 5) is 23.3. The number of carboxylic acid groups (broad SMARTS) is 1. The van der Waals surface area contributed by atoms with Crippen molar-refractivity contribution in [3.8, 4) is 5.75 Å². The van der Waals surface area contributed by atoms with Crippen LogP contribution in [0.3, 0.4) is 0 Å². The van der Waals surface area contributed by atoms with E-state index in [0.717, 1.165) is 12.8 Å². The van der Waals surface area contributed by atoms with Crippen LogP contribution in [0.25, 0.3) is 0 Å². The van der Waals surface area contributed by atoms with Gasteiger partial charge in [0.2, 0.25) is 0 Å². The Kier molecular flexibility index (Phi) is 5.00. The Morgan fingerprint density at radius 2 is 2.00 bits per heavy atom. The molecule has 0 spiro atoms. The Labute approximate surface area is 128 Å². The van der Waals surface area contributed by atoms with E-state index in [4.69, 9.17) is 9.84 Å². The molecule has 0 heterocycles. The van der Waals surface area contributed by atoms with E-state index in [2.05, 4.69) is 5.32 Å². The van der Waals surface area contributed by atoms with Crippen LogP contribution >= 0.6 is 0 Å². The lowest BCUT2D eigenvalue weighted by Gasteiger charge is -2.30. The molecule has 1 amide bonds. The predicted molar refractivity (Wildman–Crippen MR) is 78.1 cm³/mol. The van der Waals surface area contributed by atoms with Gasteiger partial charge < -0.3 is 15.2 Å². The van der Waals surface area contributed by atoms with E-state index in [9.17, 15) is 14.0 Å². The molecular formula is C16H20FNO4. The molecule has 0 aromatic heterocycles. The number of benzene rings is 1. The predicted octanol–water partition coefficient (Wildman–Crippen LogP) is 2.50. The number of para-hydroxylation sites is 1. The highest BCUT2D eigenvalue weighted by molar-refractivity contribution is 5.82. The maximum Gasteiger partial charge on any atom is 0.305 e. The molecule has 22 heavy (non-hydrogen) atoms. The van der Waals surface area contributed by atoms with Gasteiger partial charge in [-0.1, -0.05) is 25.0 Å². The first kappa shape index (κ1) is 16.3. The number of hydrogen-bond acceptors (Lipinski definition) is 3. The molecule has 0 aliphatic heterocycles. The van der Waals surface area contributed by atoms with E-state index in [0.29, 0.717) is 12.8 Å². The zero-order chi connectivity index (χ0) is 16.2. The number of ether oxygens (including phenoxy) is 1. The van der Waals surface area contributed by atoms with Crippen LogP contribution < -0.4 is 10.1 Å². The lowest BCUT2D eigenvalue weighted by Crippen LogP contribution is -2.51. The Morgan fingerprint density at radius 3 is 2.59 bits per heavy atom. The minimum Gasteiger partial charge on any atom is -0.481 e. The van der Waals surface area contributed by atoms with E-state index in [1.165, 1.54) is 25.1 Å². The first-order valence-corrected chi connectivity index (χ1v) is 7.37. The Hall–Kier alpha value is -2.11. The Balaban J connectivity index is 2.01. The molecule has 0 saturated heterocycles. The first-order chi connectivity index (χ1) is 10.4. The summed E-state index contributed by atoms with van der Waals surface area (Å²) in [5.41, 5.74) is -0.713. The summed E-state index contributed by atoms with van der Waals surface area (Å²) in [6.07, 6.45) is 2.04. The number of carbonyl (C=O) groups is 2. The van der Waals surface area contributed by atoms with Crippen molar-refractivity contribution in [3.63, 3.8) is 0 Å². The van der Waals surface area contributed by atoms with Gasteiger partial charge in [-0.25, -0.2) is 4.39 Å². The lowest BCUT2D eigenvalue weighted by atomic mass is 9.93. The average molecular weight is 309 g/mol. The molecule has 6 heteroatoms. The molecular weight excluding hydrogens is 289 g/mol. The third-order valence-electron chi connectivity index (χ3n) is 3.95. The van der Waals surface area contributed by atoms with Gasteiger partial charge >= 0.3 is 5.97 Å². The topological polar surface area (TPSA) is 75.6 Å². The molecule has 1 aliphatic carbocycles. The molecule has 2 rings (SSSR count). The Bertz CT molecular complexity index is 555. The zero-order valence-corrected chi connectivity index (χ0v) is 12.5. The highest BCUT2D eigenvalue weighted by Gasteiger charge is 2.38. The van der Waals surface area contributed by atoms with Crippen molar-refractivity contribution in [1.82, 2.24) is 5.32 Å². The molecule has 0 bridgehead atoms. The lowest BCUT2D eigenvalue weighted by molar-refractivity contribution is -0.139. The second kappa shape index (κ2) is 6.77. The quantitative estimate of drug-likeness (QED) is 0.846. The van der Waals surface area contributed by atoms with Gasteiger partial charge in [0.15, 0.2) is 17.7 Å². The van der Waals surface area contributed by atoms with Crippen molar-refractivity contribution in [3.05, 3.63) is 30.1 Å². The van der Waals surface area contributed by atoms with Gasteiger partial charge in [0.1, 0.15) is 0 Å². The molecule has 5 nitrogen and oxygen atoms in total. The highest BCUT2D eigenvalue weighted by Crippen LogP contribution is 2.32. The fraction of sp³-hybridized carbons (Fsp3) is 0.500. The number of carboxylic acids is 1. The van der Waals surface area contributed by atoms with Crippen molar-refractivity contribution in [1.29, 1.82) is 0 Å². The minimum absolute atomic E-state index is 0.00357. The van der Waals surface area contributed by atoms with E-state index in [1.807, 2.05) is 0 Å². The van der Waals surface area contributed by atoms with Crippen LogP contribution in [0.2, 0.25) is 0 Å². The molecule has 0 radical (unpaired) electrons. The number of aliphatic carboxylic acids is 1. The van der Waals surface area contributed by atoms with E-state index in [-0.39, 0.29) is 12.2 Å². The summed E-state index contributed by atoms with van der Waals surface area (Å²) in [5.74, 6) is -1.90. The van der Waals surface area contributed by atoms with Crippen molar-refractivity contribution < 1.29 is 23.8 Å². The van der Waals surface area contributed by atoms with Gasteiger partial charge in [-0.3, -0.25) is 9.59 Å². The summed E-state index contributed by atoms with van der Waals surface area (Å²) < 4.78 is 18.9. The molecule has 1 fully saturated rings. The van der Waals surface area contributed by atoms with Crippen molar-refractivity contribution >= 4 is 11.9 Å². The average Bonchev–Trinajstić information content (AvgIpc) is 2.88. The van der Waals surface area contributed by atoms with Crippen LogP contribution in [0.5, 0.6) is 5.75 Å². The fourth-order valence-corrected chi connectivity index (χ4v) is 2.83. The SMILES string of the molecule is CC(Oc1ccccc1F)C(=O)NC1(CC(=O)O)CCCC1. The molecule has 1 atom stereocenters. The minimum atomic E-state index is -0.940. The molecule has 1 aliphatic rings. The second-order valence-corrected chi connectivity index (χ2v) is 5.74. The van der Waals surface area contributed by atoms with Gasteiger partial charge in [0, 0.05) is 0 Å². The summed E-state index contributed by atoms with van der Waals surface area (Å²) in [6, 6.07) is 5.85. The van der Waals surface area contributed by atoms with Gasteiger partial charge in [-0.2, -0.15) is 0 Å². The fourth-order valence-electron chi connectivity index (χ4n) is 2.83. The van der Waals surface area contributed by atoms with Crippen LogP contribution in [-0.2, 0) is 9.59 Å². The smallest absolute Gasteiger partial charge is 0.305 e. The number of amides is 1. The van der Waals surface area contributed by atoms with Crippen LogP contribution in [0.4, 0.5) is 4.39 Å². The maximum absolute atomic E-state index is 13.5. The molecule has 2 N–H and O–H groups in total. The summed E-state index contributed by atoms with van der Waals surface area (Å²) in [5, 5.41) is 11.8. The third-order valence-corrected chi connectivity index (χ3v) is 3.95. The van der Waals surface area contributed by atoms with Crippen LogP contribution in [0, 0.1) is 5.82 Å². The largest absolute Gasteiger partial charge is 0.481 e. The van der Waals surface area contributed by atoms with Gasteiger partial charge in [-0.15, -0.1) is 0 Å². The van der Waals surface area contributed by atoms with Gasteiger partial charge in [0.25, 0.3) is 5.91 Å². The van der Waals surface area contributed by atoms with Gasteiger partial charge in [0.05, 0.1) is 12.0 Å². The second-order valence-electron chi connectivity index (χ2n) is 5.74. The van der Waals surface area contributed by atoms with E-state index in [1.54, 1.807) is 6.07 Å². The summed E-state index contributed by atoms with van der Waals surface area (Å²) in [7, 11) is 0. The molecule has 1 unspecified atom stereocenters. The third kappa shape index (κ3) is 3.96. The molecule has 120 valence electrons. The number of carbonyl (C=O) groups excluding carboxylic acids is 1. The van der Waals surface area contributed by atoms with Crippen LogP contribution in [0.1, 0.15) is 39.0 Å². The molecule has 1 saturated carbocycles. The number of nitrogens with one attached hydrogen (secondary N) is 1. The normalized spacial score (nSPS) is 17.7. The van der Waals surface area contributed by atoms with Crippen LogP contribution in [-0.4, -0.2) is 28.6 Å². The monoisotopic (exact) mass is 309 g/mol. The van der Waals surface area contributed by atoms with E-state index >= 15 is 0 Å². The number of halogens is 1. The van der Waals surface area contributed by atoms with Crippen LogP contribution in [0.15, 0.2) is 24.3 Å².